The summed E-state index contributed by atoms with van der Waals surface area (Å²) in [7, 11) is 0. The van der Waals surface area contributed by atoms with Gasteiger partial charge in [0.05, 0.1) is 12.2 Å². The van der Waals surface area contributed by atoms with Crippen LogP contribution in [0.4, 0.5) is 10.2 Å². The largest absolute Gasteiger partial charge is 0.391 e. The summed E-state index contributed by atoms with van der Waals surface area (Å²) in [5.41, 5.74) is 4.67. The maximum atomic E-state index is 13.7. The Morgan fingerprint density at radius 3 is 3.00 bits per heavy atom. The third kappa shape index (κ3) is 2.29. The van der Waals surface area contributed by atoms with E-state index in [4.69, 9.17) is 10.5 Å². The highest BCUT2D eigenvalue weighted by Crippen LogP contribution is 2.31. The third-order valence-electron chi connectivity index (χ3n) is 2.74. The molecule has 1 saturated heterocycles. The van der Waals surface area contributed by atoms with Gasteiger partial charge in [-0.1, -0.05) is 0 Å². The van der Waals surface area contributed by atoms with Crippen LogP contribution in [0.1, 0.15) is 19.6 Å². The molecule has 0 aliphatic carbocycles. The summed E-state index contributed by atoms with van der Waals surface area (Å²) >= 11 is 0. The minimum atomic E-state index is -1.35. The highest BCUT2D eigenvalue weighted by molar-refractivity contribution is 5.23. The van der Waals surface area contributed by atoms with Gasteiger partial charge in [-0.05, 0) is 13.0 Å². The van der Waals surface area contributed by atoms with E-state index in [-0.39, 0.29) is 12.2 Å². The number of hydrogen-bond acceptors (Lipinski definition) is 5. The second-order valence-electron chi connectivity index (χ2n) is 4.10. The van der Waals surface area contributed by atoms with Gasteiger partial charge in [0.25, 0.3) is 0 Å². The van der Waals surface area contributed by atoms with Crippen LogP contribution in [0.2, 0.25) is 0 Å². The molecule has 6 nitrogen and oxygen atoms in total. The summed E-state index contributed by atoms with van der Waals surface area (Å²) in [6.07, 6.45) is -2.39. The summed E-state index contributed by atoms with van der Waals surface area (Å²) in [4.78, 5) is 15.0. The van der Waals surface area contributed by atoms with E-state index in [2.05, 4.69) is 4.98 Å². The number of halogens is 1. The van der Waals surface area contributed by atoms with Gasteiger partial charge in [0.1, 0.15) is 12.0 Å². The van der Waals surface area contributed by atoms with Crippen molar-refractivity contribution in [2.24, 2.45) is 0 Å². The lowest BCUT2D eigenvalue weighted by atomic mass is 10.1. The van der Waals surface area contributed by atoms with E-state index in [0.717, 1.165) is 4.57 Å². The Labute approximate surface area is 96.8 Å². The normalized spacial score (nSPS) is 30.4. The molecule has 0 aromatic carbocycles. The number of alkyl halides is 1. The Hall–Kier alpha value is -1.47. The zero-order valence-corrected chi connectivity index (χ0v) is 9.28. The van der Waals surface area contributed by atoms with Crippen LogP contribution in [-0.4, -0.2) is 33.0 Å². The lowest BCUT2D eigenvalue weighted by Gasteiger charge is -2.17. The van der Waals surface area contributed by atoms with Crippen LogP contribution in [0, 0.1) is 0 Å². The molecule has 1 aromatic rings. The fraction of sp³-hybridized carbons (Fsp3) is 0.600. The molecule has 0 amide bonds. The lowest BCUT2D eigenvalue weighted by molar-refractivity contribution is -0.0641. The van der Waals surface area contributed by atoms with Crippen molar-refractivity contribution in [1.82, 2.24) is 9.55 Å². The molecule has 2 rings (SSSR count). The highest BCUT2D eigenvalue weighted by Gasteiger charge is 2.39. The third-order valence-corrected chi connectivity index (χ3v) is 2.74. The average Bonchev–Trinajstić information content (AvgIpc) is 2.61. The first kappa shape index (κ1) is 12.0. The summed E-state index contributed by atoms with van der Waals surface area (Å²) in [6, 6.07) is 1.40. The van der Waals surface area contributed by atoms with E-state index in [1.807, 2.05) is 0 Å². The fourth-order valence-corrected chi connectivity index (χ4v) is 1.83. The summed E-state index contributed by atoms with van der Waals surface area (Å²) in [6.45, 7) is 1.52. The first-order chi connectivity index (χ1) is 7.99. The number of rotatable bonds is 2. The van der Waals surface area contributed by atoms with Crippen LogP contribution in [0.5, 0.6) is 0 Å². The van der Waals surface area contributed by atoms with E-state index in [0.29, 0.717) is 0 Å². The van der Waals surface area contributed by atoms with E-state index in [1.54, 1.807) is 0 Å². The first-order valence-corrected chi connectivity index (χ1v) is 5.31. The molecule has 7 heteroatoms. The Morgan fingerprint density at radius 1 is 1.76 bits per heavy atom. The number of anilines is 1. The van der Waals surface area contributed by atoms with Crippen molar-refractivity contribution in [3.05, 3.63) is 22.7 Å². The van der Waals surface area contributed by atoms with Gasteiger partial charge < -0.3 is 15.6 Å². The Bertz CT molecular complexity index is 462. The number of nitrogens with two attached hydrogens (primary N) is 1. The molecule has 17 heavy (non-hydrogen) atoms. The van der Waals surface area contributed by atoms with Crippen LogP contribution in [0.15, 0.2) is 17.1 Å². The Morgan fingerprint density at radius 2 is 2.47 bits per heavy atom. The molecule has 0 saturated carbocycles. The zero-order valence-electron chi connectivity index (χ0n) is 9.28. The molecule has 2 unspecified atom stereocenters. The van der Waals surface area contributed by atoms with Gasteiger partial charge in [-0.2, -0.15) is 4.98 Å². The number of aliphatic hydroxyl groups excluding tert-OH is 1. The molecule has 94 valence electrons. The first-order valence-electron chi connectivity index (χ1n) is 5.31. The minimum Gasteiger partial charge on any atom is -0.391 e. The van der Waals surface area contributed by atoms with Crippen molar-refractivity contribution in [1.29, 1.82) is 0 Å². The minimum absolute atomic E-state index is 0.0547. The number of aromatic nitrogens is 2. The summed E-state index contributed by atoms with van der Waals surface area (Å²) in [5, 5.41) is 9.33. The number of aliphatic hydroxyl groups is 1. The van der Waals surface area contributed by atoms with Crippen molar-refractivity contribution >= 4 is 5.82 Å². The van der Waals surface area contributed by atoms with Gasteiger partial charge in [-0.15, -0.1) is 0 Å². The smallest absolute Gasteiger partial charge is 0.351 e. The standard InChI is InChI=1S/C10H14FN3O3/c1-5(15)7-4-6(11)9(17-7)14-3-2-8(12)13-10(14)16/h2-3,5-7,9,15H,4H2,1H3,(H2,12,13,16)/t5-,6?,7?,9+/m0/s1. The SMILES string of the molecule is C[C@H](O)C1CC(F)[C@H](n2ccc(N)nc2=O)O1. The monoisotopic (exact) mass is 243 g/mol. The average molecular weight is 243 g/mol. The van der Waals surface area contributed by atoms with Gasteiger partial charge in [-0.3, -0.25) is 4.57 Å². The molecule has 4 atom stereocenters. The second kappa shape index (κ2) is 4.42. The molecule has 3 N–H and O–H groups in total. The predicted octanol–water partition coefficient (Wildman–Crippen LogP) is -0.168. The van der Waals surface area contributed by atoms with Crippen LogP contribution >= 0.6 is 0 Å². The number of nitrogen functional groups attached to an aromatic ring is 1. The van der Waals surface area contributed by atoms with Gasteiger partial charge >= 0.3 is 5.69 Å². The molecule has 0 spiro atoms. The molecule has 1 aromatic heterocycles. The Kier molecular flexibility index (Phi) is 3.12. The van der Waals surface area contributed by atoms with Crippen molar-refractivity contribution in [3.8, 4) is 0 Å². The second-order valence-corrected chi connectivity index (χ2v) is 4.10. The molecule has 1 aliphatic rings. The van der Waals surface area contributed by atoms with Crippen LogP contribution in [0.25, 0.3) is 0 Å². The summed E-state index contributed by atoms with van der Waals surface area (Å²) < 4.78 is 20.1. The van der Waals surface area contributed by atoms with Gasteiger partial charge in [0, 0.05) is 12.6 Å². The molecule has 1 fully saturated rings. The predicted molar refractivity (Wildman–Crippen MR) is 58.0 cm³/mol. The maximum Gasteiger partial charge on any atom is 0.351 e. The van der Waals surface area contributed by atoms with Crippen molar-refractivity contribution < 1.29 is 14.2 Å². The highest BCUT2D eigenvalue weighted by atomic mass is 19.1. The quantitative estimate of drug-likeness (QED) is 0.752. The van der Waals surface area contributed by atoms with E-state index in [9.17, 15) is 14.3 Å². The molecule has 2 heterocycles. The van der Waals surface area contributed by atoms with Gasteiger partial charge in [-0.25, -0.2) is 9.18 Å². The fourth-order valence-electron chi connectivity index (χ4n) is 1.83. The van der Waals surface area contributed by atoms with Crippen molar-refractivity contribution in [2.75, 3.05) is 5.73 Å². The number of ether oxygens (including phenoxy) is 1. The number of nitrogens with zero attached hydrogens (tertiary/aromatic N) is 2. The molecular formula is C10H14FN3O3. The van der Waals surface area contributed by atoms with Crippen LogP contribution in [0.3, 0.4) is 0 Å². The van der Waals surface area contributed by atoms with Crippen molar-refractivity contribution in [2.45, 2.75) is 38.0 Å². The molecule has 0 radical (unpaired) electrons. The summed E-state index contributed by atoms with van der Waals surface area (Å²) in [5.74, 6) is 0.0757. The maximum absolute atomic E-state index is 13.7. The van der Waals surface area contributed by atoms with Crippen molar-refractivity contribution in [3.63, 3.8) is 0 Å². The number of hydrogen-bond donors (Lipinski definition) is 2. The topological polar surface area (TPSA) is 90.4 Å². The Balaban J connectivity index is 2.26. The van der Waals surface area contributed by atoms with Gasteiger partial charge in [0.15, 0.2) is 6.23 Å². The van der Waals surface area contributed by atoms with E-state index in [1.165, 1.54) is 19.2 Å². The van der Waals surface area contributed by atoms with Crippen LogP contribution in [-0.2, 0) is 4.74 Å². The van der Waals surface area contributed by atoms with E-state index < -0.39 is 30.3 Å². The van der Waals surface area contributed by atoms with Gasteiger partial charge in [0.2, 0.25) is 0 Å². The molecular weight excluding hydrogens is 229 g/mol. The lowest BCUT2D eigenvalue weighted by Crippen LogP contribution is -2.31. The van der Waals surface area contributed by atoms with E-state index >= 15 is 0 Å². The molecule has 1 aliphatic heterocycles. The zero-order chi connectivity index (χ0) is 12.6. The van der Waals surface area contributed by atoms with Crippen LogP contribution < -0.4 is 11.4 Å². The molecule has 0 bridgehead atoms.